The van der Waals surface area contributed by atoms with Crippen molar-refractivity contribution in [2.75, 3.05) is 0 Å². The zero-order chi connectivity index (χ0) is 18.1. The van der Waals surface area contributed by atoms with Gasteiger partial charge in [0.05, 0.1) is 6.07 Å². The highest BCUT2D eigenvalue weighted by molar-refractivity contribution is 5.23. The average Bonchev–Trinajstić information content (AvgIpc) is 2.48. The number of nitrogens with zero attached hydrogens (tertiary/aromatic N) is 1. The van der Waals surface area contributed by atoms with E-state index >= 15 is 0 Å². The minimum absolute atomic E-state index is 0.0774. The lowest BCUT2D eigenvalue weighted by Crippen LogP contribution is -2.14. The van der Waals surface area contributed by atoms with Gasteiger partial charge in [0.25, 0.3) is 0 Å². The molecule has 0 amide bonds. The molecule has 0 aliphatic rings. The van der Waals surface area contributed by atoms with Gasteiger partial charge in [-0.2, -0.15) is 5.26 Å². The fraction of sp³-hybridized carbons (Fsp3) is 0.682. The highest BCUT2D eigenvalue weighted by Crippen LogP contribution is 2.33. The predicted molar refractivity (Wildman–Crippen MR) is 103 cm³/mol. The van der Waals surface area contributed by atoms with Crippen molar-refractivity contribution in [1.29, 1.82) is 5.26 Å². The maximum Gasteiger partial charge on any atom is 0.0946 e. The van der Waals surface area contributed by atoms with Crippen LogP contribution in [-0.2, 0) is 0 Å². The standard InChI is InChI=1S/C22H37N/c1-9-20(13-10-11-15-21(5,6)18(2)3)14-12-16-22(7,8)19(4)17-23/h9,20H,1-2,4,10-16H2,3,5-8H3. The molecule has 0 heterocycles. The Bertz CT molecular complexity index is 445. The third kappa shape index (κ3) is 8.21. The summed E-state index contributed by atoms with van der Waals surface area (Å²) in [6.07, 6.45) is 10.3. The van der Waals surface area contributed by atoms with Gasteiger partial charge >= 0.3 is 0 Å². The lowest BCUT2D eigenvalue weighted by Gasteiger charge is -2.25. The van der Waals surface area contributed by atoms with Gasteiger partial charge in [0.1, 0.15) is 0 Å². The number of hydrogen-bond acceptors (Lipinski definition) is 1. The molecule has 0 spiro atoms. The number of allylic oxidation sites excluding steroid dienone is 3. The Hall–Kier alpha value is -1.29. The summed E-state index contributed by atoms with van der Waals surface area (Å²) in [6, 6.07) is 2.20. The number of unbranched alkanes of at least 4 members (excludes halogenated alkanes) is 1. The minimum atomic E-state index is -0.0774. The maximum atomic E-state index is 9.00. The number of nitriles is 1. The number of hydrogen-bond donors (Lipinski definition) is 0. The van der Waals surface area contributed by atoms with E-state index < -0.39 is 0 Å². The Kier molecular flexibility index (Phi) is 9.21. The van der Waals surface area contributed by atoms with E-state index in [2.05, 4.69) is 66.5 Å². The summed E-state index contributed by atoms with van der Waals surface area (Å²) in [5.41, 5.74) is 2.14. The van der Waals surface area contributed by atoms with Crippen LogP contribution >= 0.6 is 0 Å². The van der Waals surface area contributed by atoms with E-state index in [4.69, 9.17) is 5.26 Å². The van der Waals surface area contributed by atoms with Gasteiger partial charge in [0, 0.05) is 5.57 Å². The van der Waals surface area contributed by atoms with Gasteiger partial charge in [-0.1, -0.05) is 71.8 Å². The molecule has 0 bridgehead atoms. The first kappa shape index (κ1) is 21.7. The quantitative estimate of drug-likeness (QED) is 0.212. The lowest BCUT2D eigenvalue weighted by molar-refractivity contribution is 0.359. The van der Waals surface area contributed by atoms with Crippen LogP contribution < -0.4 is 0 Å². The van der Waals surface area contributed by atoms with Crippen molar-refractivity contribution in [2.24, 2.45) is 16.7 Å². The van der Waals surface area contributed by atoms with Crippen LogP contribution in [0.4, 0.5) is 0 Å². The molecule has 0 aromatic heterocycles. The highest BCUT2D eigenvalue weighted by Gasteiger charge is 2.22. The van der Waals surface area contributed by atoms with Crippen LogP contribution in [0.3, 0.4) is 0 Å². The molecule has 0 aliphatic heterocycles. The molecule has 0 N–H and O–H groups in total. The molecule has 0 aromatic carbocycles. The molecule has 1 unspecified atom stereocenters. The molecule has 0 saturated carbocycles. The first-order valence-corrected chi connectivity index (χ1v) is 8.95. The largest absolute Gasteiger partial charge is 0.193 e. The monoisotopic (exact) mass is 315 g/mol. The Morgan fingerprint density at radius 2 is 1.52 bits per heavy atom. The van der Waals surface area contributed by atoms with Gasteiger partial charge in [-0.3, -0.25) is 0 Å². The molecule has 0 rings (SSSR count). The van der Waals surface area contributed by atoms with E-state index in [0.717, 1.165) is 19.3 Å². The molecule has 0 aromatic rings. The fourth-order valence-corrected chi connectivity index (χ4v) is 2.68. The van der Waals surface area contributed by atoms with Gasteiger partial charge in [-0.15, -0.1) is 6.58 Å². The fourth-order valence-electron chi connectivity index (χ4n) is 2.68. The Morgan fingerprint density at radius 1 is 1.00 bits per heavy atom. The van der Waals surface area contributed by atoms with Gasteiger partial charge < -0.3 is 0 Å². The van der Waals surface area contributed by atoms with E-state index in [-0.39, 0.29) is 10.8 Å². The van der Waals surface area contributed by atoms with Crippen molar-refractivity contribution < 1.29 is 0 Å². The zero-order valence-corrected chi connectivity index (χ0v) is 16.2. The molecule has 0 fully saturated rings. The predicted octanol–water partition coefficient (Wildman–Crippen LogP) is 7.23. The van der Waals surface area contributed by atoms with Crippen molar-refractivity contribution in [3.05, 3.63) is 37.0 Å². The zero-order valence-electron chi connectivity index (χ0n) is 16.2. The second-order valence-corrected chi connectivity index (χ2v) is 8.27. The van der Waals surface area contributed by atoms with Gasteiger partial charge in [0.2, 0.25) is 0 Å². The molecular formula is C22H37N. The van der Waals surface area contributed by atoms with E-state index in [1.54, 1.807) is 0 Å². The van der Waals surface area contributed by atoms with Crippen LogP contribution in [-0.4, -0.2) is 0 Å². The summed E-state index contributed by atoms with van der Waals surface area (Å²) >= 11 is 0. The summed E-state index contributed by atoms with van der Waals surface area (Å²) in [7, 11) is 0. The third-order valence-corrected chi connectivity index (χ3v) is 5.44. The maximum absolute atomic E-state index is 9.00. The van der Waals surface area contributed by atoms with Crippen LogP contribution in [0.1, 0.15) is 79.6 Å². The molecule has 0 aliphatic carbocycles. The molecular weight excluding hydrogens is 278 g/mol. The van der Waals surface area contributed by atoms with E-state index in [0.29, 0.717) is 11.5 Å². The Labute approximate surface area is 145 Å². The molecule has 23 heavy (non-hydrogen) atoms. The SMILES string of the molecule is C=CC(CCCCC(C)(C)C(=C)C)CCCC(C)(C)C(=C)C#N. The molecule has 0 saturated heterocycles. The van der Waals surface area contributed by atoms with Crippen LogP contribution in [0, 0.1) is 28.1 Å². The minimum Gasteiger partial charge on any atom is -0.193 e. The van der Waals surface area contributed by atoms with Crippen molar-refractivity contribution in [3.63, 3.8) is 0 Å². The molecule has 1 nitrogen and oxygen atoms in total. The summed E-state index contributed by atoms with van der Waals surface area (Å²) < 4.78 is 0. The third-order valence-electron chi connectivity index (χ3n) is 5.44. The van der Waals surface area contributed by atoms with E-state index in [9.17, 15) is 0 Å². The summed E-state index contributed by atoms with van der Waals surface area (Å²) in [5.74, 6) is 0.592. The van der Waals surface area contributed by atoms with Crippen LogP contribution in [0.5, 0.6) is 0 Å². The average molecular weight is 316 g/mol. The Morgan fingerprint density at radius 3 is 2.00 bits per heavy atom. The van der Waals surface area contributed by atoms with Crippen molar-refractivity contribution in [3.8, 4) is 6.07 Å². The first-order chi connectivity index (χ1) is 10.6. The molecule has 1 atom stereocenters. The summed E-state index contributed by atoms with van der Waals surface area (Å²) in [5, 5.41) is 9.00. The van der Waals surface area contributed by atoms with Crippen LogP contribution in [0.15, 0.2) is 37.0 Å². The lowest BCUT2D eigenvalue weighted by atomic mass is 9.79. The van der Waals surface area contributed by atoms with Gasteiger partial charge in [0.15, 0.2) is 0 Å². The Balaban J connectivity index is 4.10. The van der Waals surface area contributed by atoms with Crippen LogP contribution in [0.2, 0.25) is 0 Å². The van der Waals surface area contributed by atoms with Crippen molar-refractivity contribution >= 4 is 0 Å². The highest BCUT2D eigenvalue weighted by atomic mass is 14.3. The molecule has 130 valence electrons. The normalized spacial score (nSPS) is 13.2. The van der Waals surface area contributed by atoms with Crippen molar-refractivity contribution in [2.45, 2.75) is 79.6 Å². The van der Waals surface area contributed by atoms with E-state index in [1.807, 2.05) is 0 Å². The van der Waals surface area contributed by atoms with E-state index in [1.165, 1.54) is 31.3 Å². The second-order valence-electron chi connectivity index (χ2n) is 8.27. The smallest absolute Gasteiger partial charge is 0.0946 e. The van der Waals surface area contributed by atoms with Gasteiger partial charge in [-0.25, -0.2) is 0 Å². The second kappa shape index (κ2) is 9.76. The summed E-state index contributed by atoms with van der Waals surface area (Å²) in [4.78, 5) is 0. The molecule has 1 heteroatoms. The topological polar surface area (TPSA) is 23.8 Å². The van der Waals surface area contributed by atoms with Crippen molar-refractivity contribution in [1.82, 2.24) is 0 Å². The van der Waals surface area contributed by atoms with Gasteiger partial charge in [-0.05, 0) is 49.4 Å². The number of rotatable bonds is 12. The molecule has 0 radical (unpaired) electrons. The summed E-state index contributed by atoms with van der Waals surface area (Å²) in [6.45, 7) is 22.9. The first-order valence-electron chi connectivity index (χ1n) is 8.95. The van der Waals surface area contributed by atoms with Crippen LogP contribution in [0.25, 0.3) is 0 Å².